The third kappa shape index (κ3) is 5.55. The van der Waals surface area contributed by atoms with Gasteiger partial charge in [0.2, 0.25) is 0 Å². The van der Waals surface area contributed by atoms with Gasteiger partial charge in [0.15, 0.2) is 0 Å². The van der Waals surface area contributed by atoms with E-state index < -0.39 is 0 Å². The van der Waals surface area contributed by atoms with E-state index in [1.54, 1.807) is 0 Å². The maximum Gasteiger partial charge on any atom is 0.0231 e. The minimum Gasteiger partial charge on any atom is -0.313 e. The Hall–Kier alpha value is -0.380. The van der Waals surface area contributed by atoms with Crippen molar-refractivity contribution in [2.24, 2.45) is 5.92 Å². The SMILES string of the molecule is CC1CCCC(NCCN(C)Cc2cccc(Br)c2)C1. The Labute approximate surface area is 132 Å². The van der Waals surface area contributed by atoms with E-state index in [1.165, 1.54) is 31.2 Å². The molecule has 2 nitrogen and oxygen atoms in total. The molecule has 1 N–H and O–H groups in total. The summed E-state index contributed by atoms with van der Waals surface area (Å²) in [6.45, 7) is 5.61. The van der Waals surface area contributed by atoms with Gasteiger partial charge in [-0.25, -0.2) is 0 Å². The molecule has 0 aromatic heterocycles. The molecule has 0 bridgehead atoms. The number of hydrogen-bond donors (Lipinski definition) is 1. The normalized spacial score (nSPS) is 23.2. The Balaban J connectivity index is 1.66. The molecule has 1 aliphatic carbocycles. The molecule has 0 amide bonds. The van der Waals surface area contributed by atoms with Gasteiger partial charge < -0.3 is 10.2 Å². The topological polar surface area (TPSA) is 15.3 Å². The summed E-state index contributed by atoms with van der Waals surface area (Å²) < 4.78 is 1.16. The Morgan fingerprint density at radius 3 is 2.95 bits per heavy atom. The van der Waals surface area contributed by atoms with Crippen LogP contribution >= 0.6 is 15.9 Å². The van der Waals surface area contributed by atoms with E-state index >= 15 is 0 Å². The van der Waals surface area contributed by atoms with E-state index in [4.69, 9.17) is 0 Å². The summed E-state index contributed by atoms with van der Waals surface area (Å²) in [4.78, 5) is 2.39. The highest BCUT2D eigenvalue weighted by Gasteiger charge is 2.17. The van der Waals surface area contributed by atoms with Crippen LogP contribution in [0.2, 0.25) is 0 Å². The molecule has 2 atom stereocenters. The summed E-state index contributed by atoms with van der Waals surface area (Å²) >= 11 is 3.53. The summed E-state index contributed by atoms with van der Waals surface area (Å²) in [5.41, 5.74) is 1.37. The second kappa shape index (κ2) is 8.16. The number of likely N-dealkylation sites (N-methyl/N-ethyl adjacent to an activating group) is 1. The van der Waals surface area contributed by atoms with Gasteiger partial charge in [-0.1, -0.05) is 47.8 Å². The van der Waals surface area contributed by atoms with Crippen molar-refractivity contribution in [2.75, 3.05) is 20.1 Å². The van der Waals surface area contributed by atoms with Gasteiger partial charge in [-0.2, -0.15) is 0 Å². The highest BCUT2D eigenvalue weighted by atomic mass is 79.9. The van der Waals surface area contributed by atoms with E-state index in [-0.39, 0.29) is 0 Å². The van der Waals surface area contributed by atoms with Crippen LogP contribution in [0.4, 0.5) is 0 Å². The zero-order chi connectivity index (χ0) is 14.4. The first kappa shape index (κ1) is 16.0. The second-order valence-corrected chi connectivity index (χ2v) is 7.21. The zero-order valence-corrected chi connectivity index (χ0v) is 14.3. The number of nitrogens with one attached hydrogen (secondary N) is 1. The molecule has 0 spiro atoms. The third-order valence-corrected chi connectivity index (χ3v) is 4.70. The number of nitrogens with zero attached hydrogens (tertiary/aromatic N) is 1. The van der Waals surface area contributed by atoms with Crippen molar-refractivity contribution in [1.29, 1.82) is 0 Å². The van der Waals surface area contributed by atoms with Crippen LogP contribution in [0.3, 0.4) is 0 Å². The highest BCUT2D eigenvalue weighted by Crippen LogP contribution is 2.23. The fraction of sp³-hybridized carbons (Fsp3) is 0.647. The van der Waals surface area contributed by atoms with E-state index in [1.807, 2.05) is 0 Å². The van der Waals surface area contributed by atoms with Crippen molar-refractivity contribution < 1.29 is 0 Å². The molecule has 3 heteroatoms. The standard InChI is InChI=1S/C17H27BrN2/c1-14-5-3-8-17(11-14)19-9-10-20(2)13-15-6-4-7-16(18)12-15/h4,6-7,12,14,17,19H,3,5,8-11,13H2,1-2H3. The molecular weight excluding hydrogens is 312 g/mol. The summed E-state index contributed by atoms with van der Waals surface area (Å²) in [6.07, 6.45) is 5.53. The summed E-state index contributed by atoms with van der Waals surface area (Å²) in [5.74, 6) is 0.903. The van der Waals surface area contributed by atoms with Crippen LogP contribution in [0, 0.1) is 5.92 Å². The monoisotopic (exact) mass is 338 g/mol. The number of benzene rings is 1. The summed E-state index contributed by atoms with van der Waals surface area (Å²) in [5, 5.41) is 3.73. The van der Waals surface area contributed by atoms with Crippen molar-refractivity contribution in [1.82, 2.24) is 10.2 Å². The Morgan fingerprint density at radius 1 is 1.35 bits per heavy atom. The predicted molar refractivity (Wildman–Crippen MR) is 89.9 cm³/mol. The lowest BCUT2D eigenvalue weighted by atomic mass is 9.87. The molecule has 0 saturated heterocycles. The van der Waals surface area contributed by atoms with Crippen molar-refractivity contribution in [3.05, 3.63) is 34.3 Å². The van der Waals surface area contributed by atoms with Gasteiger partial charge in [-0.05, 0) is 43.5 Å². The first-order valence-electron chi connectivity index (χ1n) is 7.80. The molecule has 1 fully saturated rings. The molecule has 0 aliphatic heterocycles. The summed E-state index contributed by atoms with van der Waals surface area (Å²) in [7, 11) is 2.20. The predicted octanol–water partition coefficient (Wildman–Crippen LogP) is 4.05. The second-order valence-electron chi connectivity index (χ2n) is 6.29. The Morgan fingerprint density at radius 2 is 2.20 bits per heavy atom. The Bertz CT molecular complexity index is 408. The van der Waals surface area contributed by atoms with Crippen molar-refractivity contribution in [3.8, 4) is 0 Å². The maximum atomic E-state index is 3.73. The minimum atomic E-state index is 0.748. The first-order chi connectivity index (χ1) is 9.63. The number of halogens is 1. The van der Waals surface area contributed by atoms with E-state index in [0.29, 0.717) is 0 Å². The lowest BCUT2D eigenvalue weighted by Crippen LogP contribution is -2.38. The van der Waals surface area contributed by atoms with Gasteiger partial charge >= 0.3 is 0 Å². The molecule has 1 aromatic carbocycles. The summed E-state index contributed by atoms with van der Waals surface area (Å²) in [6, 6.07) is 9.33. The molecule has 0 heterocycles. The molecule has 0 radical (unpaired) electrons. The highest BCUT2D eigenvalue weighted by molar-refractivity contribution is 9.10. The van der Waals surface area contributed by atoms with Gasteiger partial charge in [-0.15, -0.1) is 0 Å². The molecule has 1 aliphatic rings. The lowest BCUT2D eigenvalue weighted by molar-refractivity contribution is 0.274. The van der Waals surface area contributed by atoms with Gasteiger partial charge in [0, 0.05) is 30.1 Å². The van der Waals surface area contributed by atoms with Gasteiger partial charge in [-0.3, -0.25) is 0 Å². The average Bonchev–Trinajstić information content (AvgIpc) is 2.38. The van der Waals surface area contributed by atoms with Crippen LogP contribution in [0.1, 0.15) is 38.2 Å². The smallest absolute Gasteiger partial charge is 0.0231 e. The van der Waals surface area contributed by atoms with Crippen LogP contribution in [0.5, 0.6) is 0 Å². The van der Waals surface area contributed by atoms with Gasteiger partial charge in [0.25, 0.3) is 0 Å². The quantitative estimate of drug-likeness (QED) is 0.841. The zero-order valence-electron chi connectivity index (χ0n) is 12.7. The Kier molecular flexibility index (Phi) is 6.53. The van der Waals surface area contributed by atoms with Crippen molar-refractivity contribution in [3.63, 3.8) is 0 Å². The van der Waals surface area contributed by atoms with Crippen molar-refractivity contribution in [2.45, 2.75) is 45.2 Å². The van der Waals surface area contributed by atoms with Gasteiger partial charge in [0.05, 0.1) is 0 Å². The minimum absolute atomic E-state index is 0.748. The largest absolute Gasteiger partial charge is 0.313 e. The molecule has 112 valence electrons. The fourth-order valence-corrected chi connectivity index (χ4v) is 3.55. The van der Waals surface area contributed by atoms with E-state index in [2.05, 4.69) is 64.4 Å². The van der Waals surface area contributed by atoms with Crippen LogP contribution in [0.15, 0.2) is 28.7 Å². The third-order valence-electron chi connectivity index (χ3n) is 4.20. The average molecular weight is 339 g/mol. The van der Waals surface area contributed by atoms with Gasteiger partial charge in [0.1, 0.15) is 0 Å². The molecule has 2 rings (SSSR count). The molecule has 20 heavy (non-hydrogen) atoms. The molecular formula is C17H27BrN2. The molecule has 2 unspecified atom stereocenters. The molecule has 1 aromatic rings. The van der Waals surface area contributed by atoms with E-state index in [0.717, 1.165) is 36.1 Å². The van der Waals surface area contributed by atoms with Crippen LogP contribution in [-0.2, 0) is 6.54 Å². The lowest BCUT2D eigenvalue weighted by Gasteiger charge is -2.28. The number of rotatable bonds is 6. The van der Waals surface area contributed by atoms with Crippen molar-refractivity contribution >= 4 is 15.9 Å². The van der Waals surface area contributed by atoms with Crippen LogP contribution < -0.4 is 5.32 Å². The fourth-order valence-electron chi connectivity index (χ4n) is 3.11. The van der Waals surface area contributed by atoms with E-state index in [9.17, 15) is 0 Å². The molecule has 1 saturated carbocycles. The number of hydrogen-bond acceptors (Lipinski definition) is 2. The van der Waals surface area contributed by atoms with Crippen LogP contribution in [0.25, 0.3) is 0 Å². The maximum absolute atomic E-state index is 3.73. The first-order valence-corrected chi connectivity index (χ1v) is 8.59. The van der Waals surface area contributed by atoms with Crippen LogP contribution in [-0.4, -0.2) is 31.1 Å².